The van der Waals surface area contributed by atoms with Crippen LogP contribution in [0.15, 0.2) is 35.1 Å². The monoisotopic (exact) mass is 259 g/mol. The first kappa shape index (κ1) is 12.3. The number of aryl methyl sites for hydroxylation is 1. The molecule has 1 heterocycles. The highest BCUT2D eigenvalue weighted by Gasteiger charge is 2.07. The summed E-state index contributed by atoms with van der Waals surface area (Å²) >= 11 is 5.82. The molecule has 0 aliphatic rings. The third kappa shape index (κ3) is 2.41. The van der Waals surface area contributed by atoms with E-state index in [1.807, 2.05) is 18.2 Å². The minimum atomic E-state index is -0.241. The molecule has 0 N–H and O–H groups in total. The predicted molar refractivity (Wildman–Crippen MR) is 69.2 cm³/mol. The molecule has 0 aliphatic heterocycles. The SMILES string of the molecule is Cn1nc(-c2ccc(Cl)cc2)cc(CC#N)c1=O. The van der Waals surface area contributed by atoms with Crippen molar-refractivity contribution >= 4 is 11.6 Å². The van der Waals surface area contributed by atoms with Crippen molar-refractivity contribution in [1.82, 2.24) is 9.78 Å². The first-order chi connectivity index (χ1) is 8.61. The molecule has 0 aliphatic carbocycles. The zero-order valence-electron chi connectivity index (χ0n) is 9.72. The summed E-state index contributed by atoms with van der Waals surface area (Å²) < 4.78 is 1.25. The number of nitrogens with zero attached hydrogens (tertiary/aromatic N) is 3. The molecule has 0 saturated heterocycles. The van der Waals surface area contributed by atoms with Gasteiger partial charge in [0.1, 0.15) is 0 Å². The fraction of sp³-hybridized carbons (Fsp3) is 0.154. The topological polar surface area (TPSA) is 58.7 Å². The van der Waals surface area contributed by atoms with E-state index in [1.54, 1.807) is 25.2 Å². The standard InChI is InChI=1S/C13H10ClN3O/c1-17-13(18)10(6-7-15)8-12(16-17)9-2-4-11(14)5-3-9/h2-5,8H,6H2,1H3. The van der Waals surface area contributed by atoms with Gasteiger partial charge in [0.15, 0.2) is 0 Å². The van der Waals surface area contributed by atoms with Gasteiger partial charge in [0.2, 0.25) is 0 Å². The van der Waals surface area contributed by atoms with Crippen LogP contribution in [0.5, 0.6) is 0 Å². The molecular weight excluding hydrogens is 250 g/mol. The maximum absolute atomic E-state index is 11.7. The largest absolute Gasteiger partial charge is 0.270 e. The molecule has 1 aromatic carbocycles. The van der Waals surface area contributed by atoms with E-state index in [2.05, 4.69) is 5.10 Å². The van der Waals surface area contributed by atoms with E-state index in [-0.39, 0.29) is 12.0 Å². The van der Waals surface area contributed by atoms with Gasteiger partial charge >= 0.3 is 0 Å². The summed E-state index contributed by atoms with van der Waals surface area (Å²) in [6.07, 6.45) is 0.0791. The Morgan fingerprint density at radius 2 is 2.06 bits per heavy atom. The average molecular weight is 260 g/mol. The molecule has 4 nitrogen and oxygen atoms in total. The molecule has 0 fully saturated rings. The smallest absolute Gasteiger partial charge is 0.267 e. The van der Waals surface area contributed by atoms with E-state index in [0.717, 1.165) is 5.56 Å². The van der Waals surface area contributed by atoms with E-state index in [1.165, 1.54) is 4.68 Å². The number of halogens is 1. The maximum Gasteiger partial charge on any atom is 0.270 e. The minimum absolute atomic E-state index is 0.0791. The normalized spacial score (nSPS) is 10.1. The summed E-state index contributed by atoms with van der Waals surface area (Å²) in [7, 11) is 1.57. The molecule has 0 bridgehead atoms. The van der Waals surface area contributed by atoms with Crippen molar-refractivity contribution in [3.63, 3.8) is 0 Å². The molecule has 2 aromatic rings. The summed E-state index contributed by atoms with van der Waals surface area (Å²) in [6.45, 7) is 0. The van der Waals surface area contributed by atoms with Crippen LogP contribution in [-0.4, -0.2) is 9.78 Å². The molecular formula is C13H10ClN3O. The lowest BCUT2D eigenvalue weighted by Crippen LogP contribution is -2.23. The molecule has 0 saturated carbocycles. The molecule has 90 valence electrons. The Kier molecular flexibility index (Phi) is 3.45. The van der Waals surface area contributed by atoms with Crippen LogP contribution in [0.4, 0.5) is 0 Å². The zero-order valence-corrected chi connectivity index (χ0v) is 10.5. The van der Waals surface area contributed by atoms with Gasteiger partial charge in [0.05, 0.1) is 18.2 Å². The van der Waals surface area contributed by atoms with Crippen LogP contribution in [0.3, 0.4) is 0 Å². The van der Waals surface area contributed by atoms with Gasteiger partial charge in [-0.25, -0.2) is 4.68 Å². The number of rotatable bonds is 2. The first-order valence-electron chi connectivity index (χ1n) is 5.32. The Balaban J connectivity index is 2.56. The summed E-state index contributed by atoms with van der Waals surface area (Å²) in [6, 6.07) is 10.8. The second-order valence-corrected chi connectivity index (χ2v) is 4.26. The zero-order chi connectivity index (χ0) is 13.1. The van der Waals surface area contributed by atoms with Gasteiger partial charge in [-0.05, 0) is 18.2 Å². The lowest BCUT2D eigenvalue weighted by atomic mass is 10.1. The molecule has 18 heavy (non-hydrogen) atoms. The third-order valence-corrected chi connectivity index (χ3v) is 2.80. The number of hydrogen-bond donors (Lipinski definition) is 0. The summed E-state index contributed by atoms with van der Waals surface area (Å²) in [5.41, 5.74) is 1.71. The van der Waals surface area contributed by atoms with Crippen LogP contribution in [0.2, 0.25) is 5.02 Å². The van der Waals surface area contributed by atoms with Crippen LogP contribution in [0.1, 0.15) is 5.56 Å². The number of hydrogen-bond acceptors (Lipinski definition) is 3. The van der Waals surface area contributed by atoms with Gasteiger partial charge in [-0.1, -0.05) is 23.7 Å². The molecule has 0 spiro atoms. The molecule has 0 atom stereocenters. The maximum atomic E-state index is 11.7. The van der Waals surface area contributed by atoms with Crippen LogP contribution < -0.4 is 5.56 Å². The van der Waals surface area contributed by atoms with Crippen molar-refractivity contribution in [3.8, 4) is 17.3 Å². The first-order valence-corrected chi connectivity index (χ1v) is 5.69. The molecule has 0 radical (unpaired) electrons. The van der Waals surface area contributed by atoms with E-state index >= 15 is 0 Å². The van der Waals surface area contributed by atoms with Crippen molar-refractivity contribution < 1.29 is 0 Å². The van der Waals surface area contributed by atoms with Crippen molar-refractivity contribution in [2.24, 2.45) is 7.05 Å². The molecule has 2 rings (SSSR count). The quantitative estimate of drug-likeness (QED) is 0.830. The van der Waals surface area contributed by atoms with Crippen LogP contribution in [0, 0.1) is 11.3 Å². The van der Waals surface area contributed by atoms with Crippen LogP contribution in [-0.2, 0) is 13.5 Å². The van der Waals surface area contributed by atoms with Gasteiger partial charge in [-0.15, -0.1) is 0 Å². The molecule has 5 heteroatoms. The van der Waals surface area contributed by atoms with Gasteiger partial charge in [0, 0.05) is 23.2 Å². The minimum Gasteiger partial charge on any atom is -0.267 e. The summed E-state index contributed by atoms with van der Waals surface area (Å²) in [5, 5.41) is 13.5. The highest BCUT2D eigenvalue weighted by molar-refractivity contribution is 6.30. The van der Waals surface area contributed by atoms with Crippen molar-refractivity contribution in [3.05, 3.63) is 51.3 Å². The van der Waals surface area contributed by atoms with E-state index in [0.29, 0.717) is 16.3 Å². The Morgan fingerprint density at radius 1 is 1.39 bits per heavy atom. The number of aromatic nitrogens is 2. The lowest BCUT2D eigenvalue weighted by molar-refractivity contribution is 0.702. The highest BCUT2D eigenvalue weighted by atomic mass is 35.5. The van der Waals surface area contributed by atoms with E-state index in [4.69, 9.17) is 16.9 Å². The van der Waals surface area contributed by atoms with Gasteiger partial charge in [-0.2, -0.15) is 10.4 Å². The van der Waals surface area contributed by atoms with Gasteiger partial charge in [0.25, 0.3) is 5.56 Å². The molecule has 0 amide bonds. The van der Waals surface area contributed by atoms with Gasteiger partial charge in [-0.3, -0.25) is 4.79 Å². The number of benzene rings is 1. The average Bonchev–Trinajstić information content (AvgIpc) is 2.36. The Hall–Kier alpha value is -2.12. The van der Waals surface area contributed by atoms with E-state index < -0.39 is 0 Å². The third-order valence-electron chi connectivity index (χ3n) is 2.55. The second kappa shape index (κ2) is 5.03. The van der Waals surface area contributed by atoms with Crippen LogP contribution in [0.25, 0.3) is 11.3 Å². The van der Waals surface area contributed by atoms with E-state index in [9.17, 15) is 4.79 Å². The van der Waals surface area contributed by atoms with Crippen molar-refractivity contribution in [1.29, 1.82) is 5.26 Å². The fourth-order valence-corrected chi connectivity index (χ4v) is 1.77. The van der Waals surface area contributed by atoms with Crippen molar-refractivity contribution in [2.45, 2.75) is 6.42 Å². The summed E-state index contributed by atoms with van der Waals surface area (Å²) in [5.74, 6) is 0. The predicted octanol–water partition coefficient (Wildman–Crippen LogP) is 2.17. The second-order valence-electron chi connectivity index (χ2n) is 3.83. The Bertz CT molecular complexity index is 668. The summed E-state index contributed by atoms with van der Waals surface area (Å²) in [4.78, 5) is 11.7. The Labute approximate surface area is 109 Å². The molecule has 0 unspecified atom stereocenters. The van der Waals surface area contributed by atoms with Gasteiger partial charge < -0.3 is 0 Å². The number of nitriles is 1. The van der Waals surface area contributed by atoms with Crippen molar-refractivity contribution in [2.75, 3.05) is 0 Å². The highest BCUT2D eigenvalue weighted by Crippen LogP contribution is 2.19. The molecule has 1 aromatic heterocycles. The Morgan fingerprint density at radius 3 is 2.67 bits per heavy atom. The van der Waals surface area contributed by atoms with Crippen LogP contribution >= 0.6 is 11.6 Å². The lowest BCUT2D eigenvalue weighted by Gasteiger charge is -2.05. The fourth-order valence-electron chi connectivity index (χ4n) is 1.64.